The summed E-state index contributed by atoms with van der Waals surface area (Å²) in [6.07, 6.45) is 1.93. The Kier molecular flexibility index (Phi) is 3.73. The quantitative estimate of drug-likeness (QED) is 0.247. The van der Waals surface area contributed by atoms with Crippen molar-refractivity contribution in [3.05, 3.63) is 114 Å². The molecule has 170 valence electrons. The van der Waals surface area contributed by atoms with Gasteiger partial charge in [0.25, 0.3) is 0 Å². The standard InChI is InChI=1S/C33H23N3/c1-33(2)24-16-15-20-9-3-5-11-22(20)29(24)31-25(33)17-18-28-30(31)23-12-6-8-14-27(23)36(28)32-34-19-21-10-4-7-13-26(21)35-32/h3-19H,1-2H3. The van der Waals surface area contributed by atoms with Crippen molar-refractivity contribution >= 4 is 43.5 Å². The maximum atomic E-state index is 4.99. The zero-order chi connectivity index (χ0) is 24.0. The van der Waals surface area contributed by atoms with E-state index in [-0.39, 0.29) is 5.41 Å². The Morgan fingerprint density at radius 1 is 0.611 bits per heavy atom. The van der Waals surface area contributed by atoms with Crippen LogP contribution in [0.2, 0.25) is 0 Å². The number of aromatic nitrogens is 3. The lowest BCUT2D eigenvalue weighted by atomic mass is 9.82. The van der Waals surface area contributed by atoms with Crippen molar-refractivity contribution in [1.29, 1.82) is 0 Å². The predicted octanol–water partition coefficient (Wildman–Crippen LogP) is 8.19. The fourth-order valence-electron chi connectivity index (χ4n) is 6.33. The summed E-state index contributed by atoms with van der Waals surface area (Å²) in [6.45, 7) is 4.70. The van der Waals surface area contributed by atoms with Gasteiger partial charge in [0.15, 0.2) is 0 Å². The summed E-state index contributed by atoms with van der Waals surface area (Å²) in [5, 5.41) is 6.15. The molecule has 1 aliphatic rings. The van der Waals surface area contributed by atoms with E-state index in [2.05, 4.69) is 103 Å². The third-order valence-corrected chi connectivity index (χ3v) is 8.04. The molecule has 36 heavy (non-hydrogen) atoms. The minimum Gasteiger partial charge on any atom is -0.278 e. The van der Waals surface area contributed by atoms with Gasteiger partial charge in [-0.15, -0.1) is 0 Å². The second-order valence-electron chi connectivity index (χ2n) is 10.3. The minimum absolute atomic E-state index is 0.0778. The molecular weight excluding hydrogens is 438 g/mol. The zero-order valence-electron chi connectivity index (χ0n) is 20.2. The molecule has 1 aliphatic carbocycles. The van der Waals surface area contributed by atoms with Crippen LogP contribution in [0.1, 0.15) is 25.0 Å². The molecule has 0 unspecified atom stereocenters. The summed E-state index contributed by atoms with van der Waals surface area (Å²) in [6, 6.07) is 34.8. The first-order valence-electron chi connectivity index (χ1n) is 12.4. The summed E-state index contributed by atoms with van der Waals surface area (Å²) >= 11 is 0. The van der Waals surface area contributed by atoms with E-state index >= 15 is 0 Å². The summed E-state index contributed by atoms with van der Waals surface area (Å²) in [5.74, 6) is 0.704. The summed E-state index contributed by atoms with van der Waals surface area (Å²) in [4.78, 5) is 9.80. The van der Waals surface area contributed by atoms with E-state index in [1.165, 1.54) is 43.8 Å². The summed E-state index contributed by atoms with van der Waals surface area (Å²) in [7, 11) is 0. The second kappa shape index (κ2) is 6.79. The zero-order valence-corrected chi connectivity index (χ0v) is 20.2. The Hall–Kier alpha value is -4.50. The van der Waals surface area contributed by atoms with Crippen molar-refractivity contribution in [3.63, 3.8) is 0 Å². The van der Waals surface area contributed by atoms with Crippen LogP contribution in [-0.4, -0.2) is 14.5 Å². The van der Waals surface area contributed by atoms with Crippen LogP contribution in [0.4, 0.5) is 0 Å². The predicted molar refractivity (Wildman–Crippen MR) is 149 cm³/mol. The maximum absolute atomic E-state index is 4.99. The number of fused-ring (bicyclic) bond motifs is 10. The Morgan fingerprint density at radius 3 is 2.19 bits per heavy atom. The summed E-state index contributed by atoms with van der Waals surface area (Å²) in [5.41, 5.74) is 8.62. The molecule has 0 radical (unpaired) electrons. The summed E-state index contributed by atoms with van der Waals surface area (Å²) < 4.78 is 2.23. The molecule has 0 N–H and O–H groups in total. The molecule has 0 amide bonds. The Balaban J connectivity index is 1.56. The van der Waals surface area contributed by atoms with Gasteiger partial charge in [0, 0.05) is 27.8 Å². The SMILES string of the molecule is CC1(C)c2ccc3ccccc3c2-c2c1ccc1c2c2ccccc2n1-c1ncc2ccccc2n1. The molecule has 5 aromatic carbocycles. The largest absolute Gasteiger partial charge is 0.278 e. The van der Waals surface area contributed by atoms with Gasteiger partial charge < -0.3 is 0 Å². The Morgan fingerprint density at radius 2 is 1.31 bits per heavy atom. The van der Waals surface area contributed by atoms with E-state index in [4.69, 9.17) is 9.97 Å². The van der Waals surface area contributed by atoms with E-state index in [9.17, 15) is 0 Å². The highest BCUT2D eigenvalue weighted by molar-refractivity contribution is 6.20. The number of para-hydroxylation sites is 2. The van der Waals surface area contributed by atoms with Crippen LogP contribution in [0.15, 0.2) is 103 Å². The van der Waals surface area contributed by atoms with Gasteiger partial charge in [0.05, 0.1) is 16.6 Å². The van der Waals surface area contributed by atoms with Crippen molar-refractivity contribution in [2.75, 3.05) is 0 Å². The van der Waals surface area contributed by atoms with Crippen LogP contribution in [0.3, 0.4) is 0 Å². The minimum atomic E-state index is -0.0778. The van der Waals surface area contributed by atoms with Gasteiger partial charge in [-0.05, 0) is 51.2 Å². The highest BCUT2D eigenvalue weighted by Crippen LogP contribution is 2.55. The highest BCUT2D eigenvalue weighted by atomic mass is 15.2. The molecule has 0 spiro atoms. The van der Waals surface area contributed by atoms with Gasteiger partial charge in [-0.2, -0.15) is 0 Å². The Bertz CT molecular complexity index is 2030. The first-order valence-corrected chi connectivity index (χ1v) is 12.4. The Labute approximate surface area is 208 Å². The molecule has 0 saturated carbocycles. The van der Waals surface area contributed by atoms with E-state index in [1.54, 1.807) is 0 Å². The van der Waals surface area contributed by atoms with Crippen LogP contribution in [0, 0.1) is 0 Å². The molecule has 3 heteroatoms. The molecule has 3 nitrogen and oxygen atoms in total. The van der Waals surface area contributed by atoms with Crippen LogP contribution in [-0.2, 0) is 5.41 Å². The maximum Gasteiger partial charge on any atom is 0.235 e. The molecule has 0 saturated heterocycles. The lowest BCUT2D eigenvalue weighted by Gasteiger charge is -2.21. The van der Waals surface area contributed by atoms with Gasteiger partial charge >= 0.3 is 0 Å². The third kappa shape index (κ3) is 2.42. The molecule has 0 aliphatic heterocycles. The smallest absolute Gasteiger partial charge is 0.235 e. The molecule has 2 aromatic heterocycles. The first kappa shape index (κ1) is 19.8. The fraction of sp³-hybridized carbons (Fsp3) is 0.0909. The van der Waals surface area contributed by atoms with Gasteiger partial charge in [-0.1, -0.05) is 92.7 Å². The fourth-order valence-corrected chi connectivity index (χ4v) is 6.33. The number of benzene rings is 5. The third-order valence-electron chi connectivity index (χ3n) is 8.04. The lowest BCUT2D eigenvalue weighted by molar-refractivity contribution is 0.661. The number of hydrogen-bond donors (Lipinski definition) is 0. The second-order valence-corrected chi connectivity index (χ2v) is 10.3. The molecular formula is C33H23N3. The van der Waals surface area contributed by atoms with Crippen molar-refractivity contribution < 1.29 is 0 Å². The van der Waals surface area contributed by atoms with E-state index < -0.39 is 0 Å². The molecule has 8 rings (SSSR count). The van der Waals surface area contributed by atoms with Gasteiger partial charge in [-0.25, -0.2) is 9.97 Å². The normalized spacial score (nSPS) is 14.1. The molecule has 0 atom stereocenters. The molecule has 2 heterocycles. The lowest BCUT2D eigenvalue weighted by Crippen LogP contribution is -2.14. The van der Waals surface area contributed by atoms with Gasteiger partial charge in [0.2, 0.25) is 5.95 Å². The number of nitrogens with zero attached hydrogens (tertiary/aromatic N) is 3. The molecule has 7 aromatic rings. The number of rotatable bonds is 1. The van der Waals surface area contributed by atoms with Crippen molar-refractivity contribution in [1.82, 2.24) is 14.5 Å². The average molecular weight is 462 g/mol. The van der Waals surface area contributed by atoms with Crippen LogP contribution in [0.25, 0.3) is 60.6 Å². The van der Waals surface area contributed by atoms with E-state index in [0.29, 0.717) is 5.95 Å². The van der Waals surface area contributed by atoms with Crippen molar-refractivity contribution in [2.24, 2.45) is 0 Å². The topological polar surface area (TPSA) is 30.7 Å². The van der Waals surface area contributed by atoms with Crippen molar-refractivity contribution in [3.8, 4) is 17.1 Å². The van der Waals surface area contributed by atoms with Gasteiger partial charge in [-0.3, -0.25) is 4.57 Å². The monoisotopic (exact) mass is 461 g/mol. The van der Waals surface area contributed by atoms with Crippen molar-refractivity contribution in [2.45, 2.75) is 19.3 Å². The van der Waals surface area contributed by atoms with Gasteiger partial charge in [0.1, 0.15) is 0 Å². The highest BCUT2D eigenvalue weighted by Gasteiger charge is 2.38. The van der Waals surface area contributed by atoms with E-state index in [0.717, 1.165) is 21.9 Å². The molecule has 0 bridgehead atoms. The van der Waals surface area contributed by atoms with Crippen LogP contribution >= 0.6 is 0 Å². The van der Waals surface area contributed by atoms with Crippen LogP contribution in [0.5, 0.6) is 0 Å². The number of hydrogen-bond acceptors (Lipinski definition) is 2. The average Bonchev–Trinajstić information content (AvgIpc) is 3.37. The molecule has 0 fully saturated rings. The van der Waals surface area contributed by atoms with E-state index in [1.807, 2.05) is 18.3 Å². The van der Waals surface area contributed by atoms with Crippen LogP contribution < -0.4 is 0 Å². The first-order chi connectivity index (χ1) is 17.6.